The van der Waals surface area contributed by atoms with Crippen molar-refractivity contribution in [1.29, 1.82) is 0 Å². The van der Waals surface area contributed by atoms with E-state index in [1.807, 2.05) is 6.92 Å². The number of sulfonamides is 1. The number of carboxylic acid groups (broad SMARTS) is 1. The Bertz CT molecular complexity index is 614. The van der Waals surface area contributed by atoms with Crippen LogP contribution in [0.5, 0.6) is 5.88 Å². The highest BCUT2D eigenvalue weighted by atomic mass is 32.2. The molecule has 1 N–H and O–H groups in total. The second kappa shape index (κ2) is 5.98. The molecule has 0 aromatic carbocycles. The first-order valence-electron chi connectivity index (χ1n) is 6.68. The Morgan fingerprint density at radius 2 is 2.19 bits per heavy atom. The molecule has 1 fully saturated rings. The molecule has 1 saturated heterocycles. The summed E-state index contributed by atoms with van der Waals surface area (Å²) in [7, 11) is -3.72. The van der Waals surface area contributed by atoms with Gasteiger partial charge in [-0.3, -0.25) is 4.79 Å². The first-order chi connectivity index (χ1) is 9.86. The predicted octanol–water partition coefficient (Wildman–Crippen LogP) is 0.821. The van der Waals surface area contributed by atoms with Crippen LogP contribution in [-0.2, 0) is 14.8 Å². The molecule has 7 nitrogen and oxygen atoms in total. The maximum atomic E-state index is 12.5. The monoisotopic (exact) mass is 314 g/mol. The van der Waals surface area contributed by atoms with Crippen LogP contribution in [0.25, 0.3) is 0 Å². The van der Waals surface area contributed by atoms with Crippen LogP contribution >= 0.6 is 0 Å². The standard InChI is InChI=1S/C13H18N2O5S/c1-3-20-12-5-4-10(6-14-12)21(18,19)15-7-9(2)11(8-15)13(16)17/h4-6,9,11H,3,7-8H2,1-2H3,(H,16,17)/t9-,11-/m1/s1. The SMILES string of the molecule is CCOc1ccc(S(=O)(=O)N2C[C@@H](C)[C@H](C(=O)O)C2)cn1. The van der Waals surface area contributed by atoms with Gasteiger partial charge < -0.3 is 9.84 Å². The minimum atomic E-state index is -3.72. The fourth-order valence-corrected chi connectivity index (χ4v) is 3.85. The molecule has 1 aliphatic heterocycles. The molecule has 0 spiro atoms. The van der Waals surface area contributed by atoms with Gasteiger partial charge in [-0.1, -0.05) is 6.92 Å². The van der Waals surface area contributed by atoms with Crippen molar-refractivity contribution in [3.63, 3.8) is 0 Å². The van der Waals surface area contributed by atoms with Gasteiger partial charge in [0.05, 0.1) is 18.7 Å². The maximum Gasteiger partial charge on any atom is 0.308 e. The van der Waals surface area contributed by atoms with E-state index in [-0.39, 0.29) is 23.9 Å². The second-order valence-electron chi connectivity index (χ2n) is 5.01. The van der Waals surface area contributed by atoms with Crippen LogP contribution in [0, 0.1) is 11.8 Å². The lowest BCUT2D eigenvalue weighted by Gasteiger charge is -2.16. The number of aromatic nitrogens is 1. The Hall–Kier alpha value is -1.67. The average molecular weight is 314 g/mol. The minimum absolute atomic E-state index is 0.00789. The quantitative estimate of drug-likeness (QED) is 0.864. The number of hydrogen-bond acceptors (Lipinski definition) is 5. The van der Waals surface area contributed by atoms with E-state index < -0.39 is 21.9 Å². The number of ether oxygens (including phenoxy) is 1. The highest BCUT2D eigenvalue weighted by Gasteiger charge is 2.40. The van der Waals surface area contributed by atoms with Gasteiger partial charge in [-0.2, -0.15) is 4.31 Å². The van der Waals surface area contributed by atoms with Gasteiger partial charge in [0.15, 0.2) is 0 Å². The van der Waals surface area contributed by atoms with Crippen LogP contribution in [0.4, 0.5) is 0 Å². The van der Waals surface area contributed by atoms with E-state index >= 15 is 0 Å². The van der Waals surface area contributed by atoms with Crippen molar-refractivity contribution in [2.45, 2.75) is 18.7 Å². The molecule has 2 atom stereocenters. The van der Waals surface area contributed by atoms with E-state index in [2.05, 4.69) is 4.98 Å². The first-order valence-corrected chi connectivity index (χ1v) is 8.12. The topological polar surface area (TPSA) is 96.8 Å². The van der Waals surface area contributed by atoms with E-state index in [9.17, 15) is 13.2 Å². The van der Waals surface area contributed by atoms with E-state index in [0.29, 0.717) is 12.5 Å². The average Bonchev–Trinajstić information content (AvgIpc) is 2.83. The van der Waals surface area contributed by atoms with Crippen molar-refractivity contribution < 1.29 is 23.1 Å². The normalized spacial score (nSPS) is 23.1. The molecule has 0 unspecified atom stereocenters. The zero-order chi connectivity index (χ0) is 15.6. The summed E-state index contributed by atoms with van der Waals surface area (Å²) < 4.78 is 31.3. The predicted molar refractivity (Wildman–Crippen MR) is 74.5 cm³/mol. The molecule has 0 saturated carbocycles. The summed E-state index contributed by atoms with van der Waals surface area (Å²) in [5.74, 6) is -1.50. The van der Waals surface area contributed by atoms with Crippen molar-refractivity contribution in [3.8, 4) is 5.88 Å². The number of aliphatic carboxylic acids is 1. The van der Waals surface area contributed by atoms with Gasteiger partial charge in [-0.25, -0.2) is 13.4 Å². The van der Waals surface area contributed by atoms with Crippen LogP contribution in [0.3, 0.4) is 0 Å². The molecule has 116 valence electrons. The lowest BCUT2D eigenvalue weighted by molar-refractivity contribution is -0.142. The van der Waals surface area contributed by atoms with Gasteiger partial charge in [0, 0.05) is 19.2 Å². The van der Waals surface area contributed by atoms with Crippen molar-refractivity contribution in [2.75, 3.05) is 19.7 Å². The molecule has 1 aromatic heterocycles. The summed E-state index contributed by atoms with van der Waals surface area (Å²) in [6.45, 7) is 4.19. The molecule has 0 amide bonds. The molecule has 2 heterocycles. The number of carboxylic acids is 1. The van der Waals surface area contributed by atoms with Gasteiger partial charge in [-0.15, -0.1) is 0 Å². The molecule has 21 heavy (non-hydrogen) atoms. The van der Waals surface area contributed by atoms with Crippen molar-refractivity contribution in [2.24, 2.45) is 11.8 Å². The third-order valence-corrected chi connectivity index (χ3v) is 5.35. The smallest absolute Gasteiger partial charge is 0.308 e. The Morgan fingerprint density at radius 3 is 2.67 bits per heavy atom. The van der Waals surface area contributed by atoms with Crippen LogP contribution in [0.2, 0.25) is 0 Å². The molecule has 0 aliphatic carbocycles. The minimum Gasteiger partial charge on any atom is -0.481 e. The van der Waals surface area contributed by atoms with E-state index in [1.54, 1.807) is 6.92 Å². The van der Waals surface area contributed by atoms with Gasteiger partial charge in [-0.05, 0) is 18.9 Å². The summed E-state index contributed by atoms with van der Waals surface area (Å²) in [5, 5.41) is 9.08. The fourth-order valence-electron chi connectivity index (χ4n) is 2.34. The van der Waals surface area contributed by atoms with Gasteiger partial charge in [0.2, 0.25) is 15.9 Å². The lowest BCUT2D eigenvalue weighted by atomic mass is 9.99. The van der Waals surface area contributed by atoms with E-state index in [4.69, 9.17) is 9.84 Å². The summed E-state index contributed by atoms with van der Waals surface area (Å²) in [5.41, 5.74) is 0. The summed E-state index contributed by atoms with van der Waals surface area (Å²) in [4.78, 5) is 15.1. The summed E-state index contributed by atoms with van der Waals surface area (Å²) in [6, 6.07) is 2.91. The molecule has 8 heteroatoms. The van der Waals surface area contributed by atoms with Crippen molar-refractivity contribution in [1.82, 2.24) is 9.29 Å². The summed E-state index contributed by atoms with van der Waals surface area (Å²) >= 11 is 0. The summed E-state index contributed by atoms with van der Waals surface area (Å²) in [6.07, 6.45) is 1.24. The van der Waals surface area contributed by atoms with Gasteiger partial charge >= 0.3 is 5.97 Å². The van der Waals surface area contributed by atoms with Crippen LogP contribution in [0.15, 0.2) is 23.2 Å². The third-order valence-electron chi connectivity index (χ3n) is 3.54. The fraction of sp³-hybridized carbons (Fsp3) is 0.538. The highest BCUT2D eigenvalue weighted by Crippen LogP contribution is 2.28. The lowest BCUT2D eigenvalue weighted by Crippen LogP contribution is -2.30. The highest BCUT2D eigenvalue weighted by molar-refractivity contribution is 7.89. The number of hydrogen-bond donors (Lipinski definition) is 1. The zero-order valence-corrected chi connectivity index (χ0v) is 12.7. The van der Waals surface area contributed by atoms with Crippen LogP contribution < -0.4 is 4.74 Å². The Morgan fingerprint density at radius 1 is 1.48 bits per heavy atom. The Balaban J connectivity index is 2.20. The van der Waals surface area contributed by atoms with Crippen molar-refractivity contribution in [3.05, 3.63) is 18.3 Å². The largest absolute Gasteiger partial charge is 0.481 e. The molecular weight excluding hydrogens is 296 g/mol. The number of pyridine rings is 1. The molecule has 1 aliphatic rings. The number of rotatable bonds is 5. The second-order valence-corrected chi connectivity index (χ2v) is 6.95. The first kappa shape index (κ1) is 15.7. The van der Waals surface area contributed by atoms with Gasteiger partial charge in [0.25, 0.3) is 0 Å². The molecule has 1 aromatic rings. The molecule has 0 radical (unpaired) electrons. The van der Waals surface area contributed by atoms with E-state index in [0.717, 1.165) is 0 Å². The van der Waals surface area contributed by atoms with Gasteiger partial charge in [0.1, 0.15) is 4.90 Å². The Labute approximate surface area is 123 Å². The Kier molecular flexibility index (Phi) is 4.48. The van der Waals surface area contributed by atoms with Crippen LogP contribution in [-0.4, -0.2) is 48.5 Å². The van der Waals surface area contributed by atoms with Crippen LogP contribution in [0.1, 0.15) is 13.8 Å². The van der Waals surface area contributed by atoms with E-state index in [1.165, 1.54) is 22.6 Å². The molecule has 0 bridgehead atoms. The van der Waals surface area contributed by atoms with Crippen molar-refractivity contribution >= 4 is 16.0 Å². The third kappa shape index (κ3) is 3.16. The molecular formula is C13H18N2O5S. The maximum absolute atomic E-state index is 12.5. The number of carbonyl (C=O) groups is 1. The number of nitrogens with zero attached hydrogens (tertiary/aromatic N) is 2. The zero-order valence-electron chi connectivity index (χ0n) is 11.9. The molecule has 2 rings (SSSR count).